The third-order valence-electron chi connectivity index (χ3n) is 2.64. The second-order valence-electron chi connectivity index (χ2n) is 3.63. The molecule has 5 heteroatoms. The maximum atomic E-state index is 11.3. The Morgan fingerprint density at radius 1 is 1.80 bits per heavy atom. The van der Waals surface area contributed by atoms with Crippen LogP contribution >= 0.6 is 0 Å². The van der Waals surface area contributed by atoms with Gasteiger partial charge in [-0.05, 0) is 13.3 Å². The van der Waals surface area contributed by atoms with Crippen LogP contribution in [-0.4, -0.2) is 35.8 Å². The second kappa shape index (κ2) is 4.33. The van der Waals surface area contributed by atoms with E-state index in [0.29, 0.717) is 6.61 Å². The van der Waals surface area contributed by atoms with Crippen molar-refractivity contribution >= 4 is 12.1 Å². The minimum atomic E-state index is -0.548. The molecule has 1 aliphatic rings. The summed E-state index contributed by atoms with van der Waals surface area (Å²) in [6.07, 6.45) is 1.35. The lowest BCUT2D eigenvalue weighted by molar-refractivity contribution is -0.142. The van der Waals surface area contributed by atoms with Crippen molar-refractivity contribution in [3.05, 3.63) is 12.7 Å². The zero-order valence-corrected chi connectivity index (χ0v) is 8.99. The molecule has 0 aromatic carbocycles. The van der Waals surface area contributed by atoms with Gasteiger partial charge < -0.3 is 9.47 Å². The molecule has 1 atom stereocenters. The molecule has 0 bridgehead atoms. The van der Waals surface area contributed by atoms with E-state index in [2.05, 4.69) is 6.58 Å². The van der Waals surface area contributed by atoms with Crippen molar-refractivity contribution < 1.29 is 19.1 Å². The van der Waals surface area contributed by atoms with Gasteiger partial charge in [-0.15, -0.1) is 0 Å². The van der Waals surface area contributed by atoms with Crippen molar-refractivity contribution in [3.63, 3.8) is 0 Å². The van der Waals surface area contributed by atoms with Crippen molar-refractivity contribution in [1.82, 2.24) is 4.90 Å². The highest BCUT2D eigenvalue weighted by molar-refractivity contribution is 5.81. The summed E-state index contributed by atoms with van der Waals surface area (Å²) < 4.78 is 9.72. The number of hydrogen-bond acceptors (Lipinski definition) is 4. The number of carbonyl (C=O) groups is 2. The van der Waals surface area contributed by atoms with E-state index in [-0.39, 0.29) is 6.73 Å². The largest absolute Gasteiger partial charge is 0.447 e. The SMILES string of the molecule is C=CC(=O)OCN1C(=O)OCC1(C)CC. The molecule has 84 valence electrons. The maximum absolute atomic E-state index is 11.3. The minimum Gasteiger partial charge on any atom is -0.447 e. The lowest BCUT2D eigenvalue weighted by Gasteiger charge is -2.29. The molecule has 0 aromatic heterocycles. The molecule has 0 N–H and O–H groups in total. The third kappa shape index (κ3) is 2.29. The Kier molecular flexibility index (Phi) is 3.34. The van der Waals surface area contributed by atoms with Crippen LogP contribution in [0.2, 0.25) is 0 Å². The van der Waals surface area contributed by atoms with E-state index in [1.165, 1.54) is 4.90 Å². The summed E-state index contributed by atoms with van der Waals surface area (Å²) in [4.78, 5) is 23.6. The zero-order chi connectivity index (χ0) is 11.5. The summed E-state index contributed by atoms with van der Waals surface area (Å²) in [5, 5.41) is 0. The molecular formula is C10H15NO4. The molecular weight excluding hydrogens is 198 g/mol. The predicted molar refractivity (Wildman–Crippen MR) is 53.0 cm³/mol. The number of cyclic esters (lactones) is 1. The Bertz CT molecular complexity index is 289. The van der Waals surface area contributed by atoms with E-state index in [1.807, 2.05) is 13.8 Å². The number of nitrogens with zero attached hydrogens (tertiary/aromatic N) is 1. The summed E-state index contributed by atoms with van der Waals surface area (Å²) in [6, 6.07) is 0. The van der Waals surface area contributed by atoms with Gasteiger partial charge in [0.1, 0.15) is 6.61 Å². The molecule has 0 radical (unpaired) electrons. The van der Waals surface area contributed by atoms with Gasteiger partial charge in [-0.1, -0.05) is 13.5 Å². The first-order valence-electron chi connectivity index (χ1n) is 4.77. The standard InChI is InChI=1S/C10H15NO4/c1-4-8(12)15-7-11-9(13)14-6-10(11,3)5-2/h4H,1,5-7H2,2-3H3. The first-order chi connectivity index (χ1) is 7.03. The van der Waals surface area contributed by atoms with Crippen LogP contribution in [0.25, 0.3) is 0 Å². The van der Waals surface area contributed by atoms with Gasteiger partial charge in [-0.2, -0.15) is 0 Å². The summed E-state index contributed by atoms with van der Waals surface area (Å²) in [5.41, 5.74) is -0.390. The fraction of sp³-hybridized carbons (Fsp3) is 0.600. The Morgan fingerprint density at radius 3 is 3.00 bits per heavy atom. The van der Waals surface area contributed by atoms with Gasteiger partial charge in [0.15, 0.2) is 6.73 Å². The van der Waals surface area contributed by atoms with Crippen LogP contribution in [0.1, 0.15) is 20.3 Å². The fourth-order valence-corrected chi connectivity index (χ4v) is 1.28. The summed E-state index contributed by atoms with van der Waals surface area (Å²) >= 11 is 0. The molecule has 1 fully saturated rings. The average Bonchev–Trinajstić information content (AvgIpc) is 2.53. The first-order valence-corrected chi connectivity index (χ1v) is 4.77. The van der Waals surface area contributed by atoms with Crippen LogP contribution in [0.3, 0.4) is 0 Å². The van der Waals surface area contributed by atoms with Crippen LogP contribution in [0.15, 0.2) is 12.7 Å². The highest BCUT2D eigenvalue weighted by Crippen LogP contribution is 2.26. The van der Waals surface area contributed by atoms with Crippen LogP contribution in [0, 0.1) is 0 Å². The average molecular weight is 213 g/mol. The van der Waals surface area contributed by atoms with Gasteiger partial charge in [-0.3, -0.25) is 4.90 Å². The number of carbonyl (C=O) groups excluding carboxylic acids is 2. The predicted octanol–water partition coefficient (Wildman–Crippen LogP) is 1.29. The van der Waals surface area contributed by atoms with Crippen LogP contribution in [0.4, 0.5) is 4.79 Å². The highest BCUT2D eigenvalue weighted by Gasteiger charge is 2.42. The monoisotopic (exact) mass is 213 g/mol. The number of rotatable bonds is 4. The molecule has 0 aliphatic carbocycles. The Morgan fingerprint density at radius 2 is 2.47 bits per heavy atom. The summed E-state index contributed by atoms with van der Waals surface area (Å²) in [6.45, 7) is 7.35. The maximum Gasteiger partial charge on any atom is 0.413 e. The van der Waals surface area contributed by atoms with Crippen LogP contribution in [-0.2, 0) is 14.3 Å². The zero-order valence-electron chi connectivity index (χ0n) is 8.99. The van der Waals surface area contributed by atoms with E-state index < -0.39 is 17.6 Å². The number of ether oxygens (including phenoxy) is 2. The van der Waals surface area contributed by atoms with Gasteiger partial charge >= 0.3 is 12.1 Å². The van der Waals surface area contributed by atoms with Gasteiger partial charge in [0.05, 0.1) is 5.54 Å². The lowest BCUT2D eigenvalue weighted by Crippen LogP contribution is -2.45. The van der Waals surface area contributed by atoms with Gasteiger partial charge in [-0.25, -0.2) is 9.59 Å². The molecule has 1 aliphatic heterocycles. The van der Waals surface area contributed by atoms with Crippen molar-refractivity contribution in [2.75, 3.05) is 13.3 Å². The lowest BCUT2D eigenvalue weighted by atomic mass is 10.00. The van der Waals surface area contributed by atoms with Crippen molar-refractivity contribution in [1.29, 1.82) is 0 Å². The normalized spacial score (nSPS) is 24.9. The van der Waals surface area contributed by atoms with Crippen molar-refractivity contribution in [2.24, 2.45) is 0 Å². The van der Waals surface area contributed by atoms with Crippen molar-refractivity contribution in [3.8, 4) is 0 Å². The minimum absolute atomic E-state index is 0.0893. The molecule has 0 aromatic rings. The van der Waals surface area contributed by atoms with E-state index in [4.69, 9.17) is 9.47 Å². The van der Waals surface area contributed by atoms with Crippen LogP contribution < -0.4 is 0 Å². The van der Waals surface area contributed by atoms with E-state index in [1.54, 1.807) is 0 Å². The molecule has 1 saturated heterocycles. The smallest absolute Gasteiger partial charge is 0.413 e. The summed E-state index contributed by atoms with van der Waals surface area (Å²) in [5.74, 6) is -0.548. The number of amides is 1. The molecule has 0 saturated carbocycles. The Balaban J connectivity index is 2.61. The van der Waals surface area contributed by atoms with Crippen LogP contribution in [0.5, 0.6) is 0 Å². The molecule has 15 heavy (non-hydrogen) atoms. The van der Waals surface area contributed by atoms with Gasteiger partial charge in [0, 0.05) is 6.08 Å². The topological polar surface area (TPSA) is 55.8 Å². The van der Waals surface area contributed by atoms with E-state index in [9.17, 15) is 9.59 Å². The third-order valence-corrected chi connectivity index (χ3v) is 2.64. The number of hydrogen-bond donors (Lipinski definition) is 0. The molecule has 5 nitrogen and oxygen atoms in total. The highest BCUT2D eigenvalue weighted by atomic mass is 16.6. The molecule has 1 unspecified atom stereocenters. The Labute approximate surface area is 88.6 Å². The van der Waals surface area contributed by atoms with Gasteiger partial charge in [0.2, 0.25) is 0 Å². The molecule has 1 amide bonds. The van der Waals surface area contributed by atoms with Gasteiger partial charge in [0.25, 0.3) is 0 Å². The van der Waals surface area contributed by atoms with Crippen molar-refractivity contribution in [2.45, 2.75) is 25.8 Å². The Hall–Kier alpha value is -1.52. The molecule has 1 rings (SSSR count). The quantitative estimate of drug-likeness (QED) is 0.521. The van der Waals surface area contributed by atoms with E-state index in [0.717, 1.165) is 12.5 Å². The van der Waals surface area contributed by atoms with E-state index >= 15 is 0 Å². The molecule has 0 spiro atoms. The number of esters is 1. The second-order valence-corrected chi connectivity index (χ2v) is 3.63. The first kappa shape index (κ1) is 11.6. The molecule has 1 heterocycles. The summed E-state index contributed by atoms with van der Waals surface area (Å²) in [7, 11) is 0. The fourth-order valence-electron chi connectivity index (χ4n) is 1.28.